The Morgan fingerprint density at radius 2 is 2.05 bits per heavy atom. The summed E-state index contributed by atoms with van der Waals surface area (Å²) in [6.07, 6.45) is 1.83. The van der Waals surface area contributed by atoms with Gasteiger partial charge in [-0.05, 0) is 40.6 Å². The van der Waals surface area contributed by atoms with Gasteiger partial charge in [-0.3, -0.25) is 0 Å². The molecule has 0 saturated carbocycles. The molecular formula is C13H21BrN2O3S. The van der Waals surface area contributed by atoms with Gasteiger partial charge in [-0.25, -0.2) is 8.42 Å². The van der Waals surface area contributed by atoms with Crippen LogP contribution < -0.4 is 5.73 Å². The lowest BCUT2D eigenvalue weighted by molar-refractivity contribution is 0.226. The number of nitrogens with two attached hydrogens (primary N) is 1. The number of nitrogens with zero attached hydrogens (tertiary/aromatic N) is 1. The van der Waals surface area contributed by atoms with Crippen LogP contribution >= 0.6 is 15.9 Å². The third kappa shape index (κ3) is 3.10. The summed E-state index contributed by atoms with van der Waals surface area (Å²) in [6.45, 7) is 5.70. The van der Waals surface area contributed by atoms with Gasteiger partial charge in [0.15, 0.2) is 4.67 Å². The summed E-state index contributed by atoms with van der Waals surface area (Å²) in [6, 6.07) is 1.51. The first kappa shape index (κ1) is 16.0. The SMILES string of the molecule is CC(C)C1CCN(S(=O)(=O)c2cc(CN)oc2Br)CC1. The van der Waals surface area contributed by atoms with Crippen molar-refractivity contribution in [3.05, 3.63) is 16.5 Å². The number of halogens is 1. The molecule has 114 valence electrons. The van der Waals surface area contributed by atoms with E-state index in [1.807, 2.05) is 0 Å². The second-order valence-corrected chi connectivity index (χ2v) is 8.17. The van der Waals surface area contributed by atoms with Gasteiger partial charge in [0.1, 0.15) is 10.7 Å². The Kier molecular flexibility index (Phi) is 4.94. The van der Waals surface area contributed by atoms with E-state index in [4.69, 9.17) is 10.2 Å². The predicted molar refractivity (Wildman–Crippen MR) is 80.6 cm³/mol. The van der Waals surface area contributed by atoms with Crippen molar-refractivity contribution < 1.29 is 12.8 Å². The molecule has 1 aliphatic rings. The van der Waals surface area contributed by atoms with Crippen molar-refractivity contribution >= 4 is 26.0 Å². The number of hydrogen-bond donors (Lipinski definition) is 1. The molecule has 0 radical (unpaired) electrons. The lowest BCUT2D eigenvalue weighted by Crippen LogP contribution is -2.39. The molecule has 0 amide bonds. The molecule has 0 atom stereocenters. The van der Waals surface area contributed by atoms with E-state index in [2.05, 4.69) is 29.8 Å². The zero-order valence-corrected chi connectivity index (χ0v) is 14.2. The van der Waals surface area contributed by atoms with Gasteiger partial charge in [-0.2, -0.15) is 4.31 Å². The zero-order valence-electron chi connectivity index (χ0n) is 11.8. The number of hydrogen-bond acceptors (Lipinski definition) is 4. The van der Waals surface area contributed by atoms with Crippen LogP contribution in [0.2, 0.25) is 0 Å². The molecule has 0 bridgehead atoms. The maximum atomic E-state index is 12.6. The van der Waals surface area contributed by atoms with Crippen molar-refractivity contribution in [1.82, 2.24) is 4.31 Å². The Bertz CT molecular complexity index is 560. The normalized spacial score (nSPS) is 18.9. The van der Waals surface area contributed by atoms with Gasteiger partial charge in [0.2, 0.25) is 10.0 Å². The fraction of sp³-hybridized carbons (Fsp3) is 0.692. The van der Waals surface area contributed by atoms with Gasteiger partial charge < -0.3 is 10.2 Å². The first-order chi connectivity index (χ1) is 9.36. The lowest BCUT2D eigenvalue weighted by atomic mass is 9.87. The van der Waals surface area contributed by atoms with Gasteiger partial charge >= 0.3 is 0 Å². The van der Waals surface area contributed by atoms with E-state index in [-0.39, 0.29) is 16.1 Å². The quantitative estimate of drug-likeness (QED) is 0.890. The minimum atomic E-state index is -3.49. The monoisotopic (exact) mass is 364 g/mol. The van der Waals surface area contributed by atoms with Crippen molar-refractivity contribution in [1.29, 1.82) is 0 Å². The van der Waals surface area contributed by atoms with Crippen LogP contribution in [-0.4, -0.2) is 25.8 Å². The van der Waals surface area contributed by atoms with Crippen LogP contribution in [-0.2, 0) is 16.6 Å². The molecule has 1 aromatic rings. The van der Waals surface area contributed by atoms with E-state index >= 15 is 0 Å². The van der Waals surface area contributed by atoms with Crippen molar-refractivity contribution in [2.75, 3.05) is 13.1 Å². The van der Waals surface area contributed by atoms with E-state index in [1.54, 1.807) is 4.31 Å². The highest BCUT2D eigenvalue weighted by Crippen LogP contribution is 2.32. The van der Waals surface area contributed by atoms with Crippen LogP contribution in [0.15, 0.2) is 20.0 Å². The topological polar surface area (TPSA) is 76.5 Å². The van der Waals surface area contributed by atoms with Crippen LogP contribution in [0.5, 0.6) is 0 Å². The third-order valence-corrected chi connectivity index (χ3v) is 6.72. The Morgan fingerprint density at radius 1 is 1.45 bits per heavy atom. The molecule has 0 spiro atoms. The molecule has 5 nitrogen and oxygen atoms in total. The average Bonchev–Trinajstić information content (AvgIpc) is 2.81. The van der Waals surface area contributed by atoms with Crippen LogP contribution in [0.3, 0.4) is 0 Å². The third-order valence-electron chi connectivity index (χ3n) is 3.97. The Morgan fingerprint density at radius 3 is 2.50 bits per heavy atom. The molecule has 20 heavy (non-hydrogen) atoms. The smallest absolute Gasteiger partial charge is 0.247 e. The predicted octanol–water partition coefficient (Wildman–Crippen LogP) is 2.56. The number of rotatable bonds is 4. The largest absolute Gasteiger partial charge is 0.452 e. The van der Waals surface area contributed by atoms with Gasteiger partial charge in [0.05, 0.1) is 6.54 Å². The van der Waals surface area contributed by atoms with Crippen LogP contribution in [0, 0.1) is 11.8 Å². The standard InChI is InChI=1S/C13H21BrN2O3S/c1-9(2)10-3-5-16(6-4-10)20(17,18)12-7-11(8-15)19-13(12)14/h7,9-10H,3-6,8,15H2,1-2H3. The molecule has 0 unspecified atom stereocenters. The van der Waals surface area contributed by atoms with Gasteiger partial charge in [-0.15, -0.1) is 0 Å². The van der Waals surface area contributed by atoms with E-state index in [9.17, 15) is 8.42 Å². The van der Waals surface area contributed by atoms with Gasteiger partial charge in [0, 0.05) is 19.2 Å². The highest BCUT2D eigenvalue weighted by Gasteiger charge is 2.33. The highest BCUT2D eigenvalue weighted by molar-refractivity contribution is 9.10. The van der Waals surface area contributed by atoms with Crippen molar-refractivity contribution in [2.45, 2.75) is 38.1 Å². The molecule has 1 fully saturated rings. The summed E-state index contributed by atoms with van der Waals surface area (Å²) in [7, 11) is -3.49. The Labute approximate surface area is 128 Å². The molecular weight excluding hydrogens is 344 g/mol. The first-order valence-electron chi connectivity index (χ1n) is 6.84. The van der Waals surface area contributed by atoms with E-state index in [0.29, 0.717) is 30.7 Å². The van der Waals surface area contributed by atoms with Crippen molar-refractivity contribution in [3.8, 4) is 0 Å². The summed E-state index contributed by atoms with van der Waals surface area (Å²) in [5.74, 6) is 1.67. The van der Waals surface area contributed by atoms with E-state index in [1.165, 1.54) is 6.07 Å². The zero-order chi connectivity index (χ0) is 14.9. The maximum absolute atomic E-state index is 12.6. The van der Waals surface area contributed by atoms with E-state index < -0.39 is 10.0 Å². The van der Waals surface area contributed by atoms with Crippen LogP contribution in [0.1, 0.15) is 32.4 Å². The molecule has 1 aliphatic heterocycles. The minimum absolute atomic E-state index is 0.181. The van der Waals surface area contributed by atoms with Crippen molar-refractivity contribution in [2.24, 2.45) is 17.6 Å². The van der Waals surface area contributed by atoms with Crippen LogP contribution in [0.4, 0.5) is 0 Å². The van der Waals surface area contributed by atoms with Crippen molar-refractivity contribution in [3.63, 3.8) is 0 Å². The molecule has 1 aromatic heterocycles. The van der Waals surface area contributed by atoms with Crippen LogP contribution in [0.25, 0.3) is 0 Å². The molecule has 2 rings (SSSR count). The molecule has 0 aliphatic carbocycles. The van der Waals surface area contributed by atoms with E-state index in [0.717, 1.165) is 12.8 Å². The van der Waals surface area contributed by atoms with Gasteiger partial charge in [-0.1, -0.05) is 13.8 Å². The lowest BCUT2D eigenvalue weighted by Gasteiger charge is -2.32. The number of furan rings is 1. The molecule has 2 heterocycles. The summed E-state index contributed by atoms with van der Waals surface area (Å²) < 4.78 is 32.3. The highest BCUT2D eigenvalue weighted by atomic mass is 79.9. The summed E-state index contributed by atoms with van der Waals surface area (Å²) in [5.41, 5.74) is 5.48. The molecule has 1 saturated heterocycles. The molecule has 7 heteroatoms. The Hall–Kier alpha value is -0.370. The second-order valence-electron chi connectivity index (χ2n) is 5.54. The second kappa shape index (κ2) is 6.17. The fourth-order valence-corrected chi connectivity index (χ4v) is 5.03. The van der Waals surface area contributed by atoms with Gasteiger partial charge in [0.25, 0.3) is 0 Å². The number of piperidine rings is 1. The first-order valence-corrected chi connectivity index (χ1v) is 9.08. The fourth-order valence-electron chi connectivity index (χ4n) is 2.60. The maximum Gasteiger partial charge on any atom is 0.247 e. The molecule has 0 aromatic carbocycles. The summed E-state index contributed by atoms with van der Waals surface area (Å²) in [5, 5.41) is 0. The molecule has 2 N–H and O–H groups in total. The summed E-state index contributed by atoms with van der Waals surface area (Å²) in [4.78, 5) is 0.181. The number of sulfonamides is 1. The summed E-state index contributed by atoms with van der Waals surface area (Å²) >= 11 is 3.17. The average molecular weight is 365 g/mol. The minimum Gasteiger partial charge on any atom is -0.452 e. The Balaban J connectivity index is 2.17.